The van der Waals surface area contributed by atoms with Crippen molar-refractivity contribution >= 4 is 46.5 Å². The van der Waals surface area contributed by atoms with Crippen molar-refractivity contribution in [3.63, 3.8) is 0 Å². The van der Waals surface area contributed by atoms with Gasteiger partial charge in [0.15, 0.2) is 11.5 Å². The Bertz CT molecular complexity index is 911. The molecular weight excluding hydrogens is 367 g/mol. The van der Waals surface area contributed by atoms with Crippen molar-refractivity contribution in [2.24, 2.45) is 0 Å². The summed E-state index contributed by atoms with van der Waals surface area (Å²) in [6.45, 7) is 2.00. The smallest absolute Gasteiger partial charge is 0.195 e. The number of nitrogens with one attached hydrogen (secondary N) is 1. The number of rotatable bonds is 5. The molecule has 3 rings (SSSR count). The quantitative estimate of drug-likeness (QED) is 0.607. The highest BCUT2D eigenvalue weighted by molar-refractivity contribution is 7.71. The Morgan fingerprint density at radius 2 is 1.96 bits per heavy atom. The molecule has 0 radical (unpaired) electrons. The third-order valence-electron chi connectivity index (χ3n) is 3.93. The van der Waals surface area contributed by atoms with Gasteiger partial charge in [-0.3, -0.25) is 0 Å². The monoisotopic (exact) mass is 382 g/mol. The van der Waals surface area contributed by atoms with Gasteiger partial charge in [0.25, 0.3) is 0 Å². The van der Waals surface area contributed by atoms with E-state index in [9.17, 15) is 5.11 Å². The number of H-pyrrole nitrogens is 1. The molecule has 0 saturated carbocycles. The van der Waals surface area contributed by atoms with Gasteiger partial charge in [0, 0.05) is 12.1 Å². The van der Waals surface area contributed by atoms with Crippen LogP contribution in [0, 0.1) is 4.64 Å². The molecule has 2 N–H and O–H groups in total. The summed E-state index contributed by atoms with van der Waals surface area (Å²) in [6.07, 6.45) is 2.08. The first-order valence-electron chi connectivity index (χ1n) is 7.61. The number of aryl methyl sites for hydroxylation is 3. The third kappa shape index (κ3) is 3.35. The van der Waals surface area contributed by atoms with Crippen LogP contribution in [0.25, 0.3) is 11.1 Å². The lowest BCUT2D eigenvalue weighted by Crippen LogP contribution is -2.02. The SMILES string of the molecule is CCc1cc(CCc2nc3c(Cl)ccc(Cl)c3o2)c(=S)[nH]c1CO. The van der Waals surface area contributed by atoms with Crippen LogP contribution in [-0.4, -0.2) is 15.1 Å². The van der Waals surface area contributed by atoms with E-state index in [0.717, 1.165) is 23.2 Å². The molecule has 2 aromatic heterocycles. The second-order valence-corrected chi connectivity index (χ2v) is 6.68. The fraction of sp³-hybridized carbons (Fsp3) is 0.294. The summed E-state index contributed by atoms with van der Waals surface area (Å²) in [6, 6.07) is 5.43. The second kappa shape index (κ2) is 7.23. The zero-order valence-corrected chi connectivity index (χ0v) is 15.4. The minimum atomic E-state index is -0.0464. The summed E-state index contributed by atoms with van der Waals surface area (Å²) in [7, 11) is 0. The molecule has 0 amide bonds. The van der Waals surface area contributed by atoms with Crippen molar-refractivity contribution in [1.82, 2.24) is 9.97 Å². The van der Waals surface area contributed by atoms with Gasteiger partial charge in [0.2, 0.25) is 0 Å². The van der Waals surface area contributed by atoms with Gasteiger partial charge in [-0.15, -0.1) is 0 Å². The maximum Gasteiger partial charge on any atom is 0.195 e. The van der Waals surface area contributed by atoms with E-state index >= 15 is 0 Å². The van der Waals surface area contributed by atoms with Crippen LogP contribution in [0.1, 0.15) is 29.6 Å². The Morgan fingerprint density at radius 3 is 2.62 bits per heavy atom. The van der Waals surface area contributed by atoms with Crippen LogP contribution in [0.4, 0.5) is 0 Å². The normalized spacial score (nSPS) is 11.3. The predicted octanol–water partition coefficient (Wildman–Crippen LogP) is 5.03. The largest absolute Gasteiger partial charge is 0.439 e. The first-order chi connectivity index (χ1) is 11.5. The zero-order chi connectivity index (χ0) is 17.3. The molecule has 0 unspecified atom stereocenters. The van der Waals surface area contributed by atoms with Crippen LogP contribution in [0.5, 0.6) is 0 Å². The minimum absolute atomic E-state index is 0.0464. The van der Waals surface area contributed by atoms with Gasteiger partial charge in [0.05, 0.1) is 16.7 Å². The van der Waals surface area contributed by atoms with E-state index in [-0.39, 0.29) is 6.61 Å². The van der Waals surface area contributed by atoms with Crippen LogP contribution < -0.4 is 0 Å². The van der Waals surface area contributed by atoms with E-state index < -0.39 is 0 Å². The van der Waals surface area contributed by atoms with E-state index in [0.29, 0.717) is 44.5 Å². The second-order valence-electron chi connectivity index (χ2n) is 5.45. The van der Waals surface area contributed by atoms with Crippen molar-refractivity contribution in [3.05, 3.63) is 55.6 Å². The summed E-state index contributed by atoms with van der Waals surface area (Å²) in [4.78, 5) is 7.52. The van der Waals surface area contributed by atoms with Crippen LogP contribution in [0.2, 0.25) is 10.0 Å². The molecule has 0 spiro atoms. The van der Waals surface area contributed by atoms with Crippen molar-refractivity contribution in [2.75, 3.05) is 0 Å². The summed E-state index contributed by atoms with van der Waals surface area (Å²) < 4.78 is 6.36. The summed E-state index contributed by atoms with van der Waals surface area (Å²) in [5.74, 6) is 0.568. The number of halogens is 2. The van der Waals surface area contributed by atoms with Crippen LogP contribution >= 0.6 is 35.4 Å². The first-order valence-corrected chi connectivity index (χ1v) is 8.78. The van der Waals surface area contributed by atoms with Gasteiger partial charge < -0.3 is 14.5 Å². The number of aromatic amines is 1. The number of fused-ring (bicyclic) bond motifs is 1. The van der Waals surface area contributed by atoms with E-state index in [4.69, 9.17) is 39.8 Å². The van der Waals surface area contributed by atoms with Crippen molar-refractivity contribution in [3.8, 4) is 0 Å². The fourth-order valence-electron chi connectivity index (χ4n) is 2.64. The number of oxazole rings is 1. The first kappa shape index (κ1) is 17.4. The number of aromatic nitrogens is 2. The lowest BCUT2D eigenvalue weighted by atomic mass is 10.1. The number of aliphatic hydroxyl groups excluding tert-OH is 1. The Hall–Kier alpha value is -1.40. The Morgan fingerprint density at radius 1 is 1.21 bits per heavy atom. The molecule has 3 aromatic rings. The fourth-order valence-corrected chi connectivity index (χ4v) is 3.31. The van der Waals surface area contributed by atoms with E-state index in [1.165, 1.54) is 0 Å². The minimum Gasteiger partial charge on any atom is -0.439 e. The summed E-state index contributed by atoms with van der Waals surface area (Å²) in [5.41, 5.74) is 3.92. The van der Waals surface area contributed by atoms with Crippen molar-refractivity contribution in [1.29, 1.82) is 0 Å². The van der Waals surface area contributed by atoms with Gasteiger partial charge in [-0.2, -0.15) is 0 Å². The van der Waals surface area contributed by atoms with Gasteiger partial charge in [-0.05, 0) is 36.1 Å². The topological polar surface area (TPSA) is 62.0 Å². The summed E-state index contributed by atoms with van der Waals surface area (Å²) >= 11 is 17.6. The molecule has 2 heterocycles. The molecule has 0 saturated heterocycles. The maximum absolute atomic E-state index is 9.38. The molecule has 0 atom stereocenters. The number of hydrogen-bond donors (Lipinski definition) is 2. The molecular formula is C17H16Cl2N2O2S. The average Bonchev–Trinajstić information content (AvgIpc) is 3.02. The van der Waals surface area contributed by atoms with Crippen molar-refractivity contribution in [2.45, 2.75) is 32.8 Å². The van der Waals surface area contributed by atoms with E-state index in [1.807, 2.05) is 13.0 Å². The molecule has 0 fully saturated rings. The lowest BCUT2D eigenvalue weighted by Gasteiger charge is -2.08. The molecule has 0 aliphatic rings. The average molecular weight is 383 g/mol. The number of nitrogens with zero attached hydrogens (tertiary/aromatic N) is 1. The van der Waals surface area contributed by atoms with Crippen LogP contribution in [0.3, 0.4) is 0 Å². The van der Waals surface area contributed by atoms with Crippen molar-refractivity contribution < 1.29 is 9.52 Å². The van der Waals surface area contributed by atoms with Gasteiger partial charge in [-0.25, -0.2) is 4.98 Å². The highest BCUT2D eigenvalue weighted by Gasteiger charge is 2.13. The van der Waals surface area contributed by atoms with E-state index in [1.54, 1.807) is 12.1 Å². The number of pyridine rings is 1. The zero-order valence-electron chi connectivity index (χ0n) is 13.0. The van der Waals surface area contributed by atoms with Gasteiger partial charge >= 0.3 is 0 Å². The van der Waals surface area contributed by atoms with Crippen LogP contribution in [-0.2, 0) is 25.9 Å². The highest BCUT2D eigenvalue weighted by atomic mass is 35.5. The van der Waals surface area contributed by atoms with Gasteiger partial charge in [-0.1, -0.05) is 48.4 Å². The molecule has 7 heteroatoms. The Labute approximate surface area is 154 Å². The molecule has 24 heavy (non-hydrogen) atoms. The van der Waals surface area contributed by atoms with E-state index in [2.05, 4.69) is 9.97 Å². The number of hydrogen-bond acceptors (Lipinski definition) is 4. The Balaban J connectivity index is 1.87. The summed E-state index contributed by atoms with van der Waals surface area (Å²) in [5, 5.41) is 10.4. The Kier molecular flexibility index (Phi) is 5.25. The van der Waals surface area contributed by atoms with Crippen LogP contribution in [0.15, 0.2) is 22.6 Å². The number of aliphatic hydroxyl groups is 1. The lowest BCUT2D eigenvalue weighted by molar-refractivity contribution is 0.275. The maximum atomic E-state index is 9.38. The van der Waals surface area contributed by atoms with Gasteiger partial charge in [0.1, 0.15) is 10.2 Å². The predicted molar refractivity (Wildman–Crippen MR) is 98.4 cm³/mol. The molecule has 0 bridgehead atoms. The standard InChI is InChI=1S/C17H16Cl2N2O2S/c1-2-9-7-10(17(24)20-13(9)8-22)3-6-14-21-15-11(18)4-5-12(19)16(15)23-14/h4-5,7,22H,2-3,6,8H2,1H3,(H,20,24). The molecule has 0 aliphatic carbocycles. The molecule has 0 aliphatic heterocycles. The molecule has 1 aromatic carbocycles. The highest BCUT2D eigenvalue weighted by Crippen LogP contribution is 2.30. The number of benzene rings is 1. The molecule has 4 nitrogen and oxygen atoms in total. The molecule has 126 valence electrons. The third-order valence-corrected chi connectivity index (χ3v) is 4.90.